The molecule has 0 spiro atoms. The first-order valence-electron chi connectivity index (χ1n) is 14.1. The molecule has 1 amide bonds. The van der Waals surface area contributed by atoms with Crippen LogP contribution in [0.2, 0.25) is 0 Å². The van der Waals surface area contributed by atoms with Crippen molar-refractivity contribution in [1.29, 1.82) is 0 Å². The molecule has 1 aliphatic rings. The smallest absolute Gasteiger partial charge is 0.303 e. The molecule has 0 saturated carbocycles. The van der Waals surface area contributed by atoms with Crippen molar-refractivity contribution in [1.82, 2.24) is 14.4 Å². The first-order valence-corrected chi connectivity index (χ1v) is 14.1. The van der Waals surface area contributed by atoms with Gasteiger partial charge in [-0.1, -0.05) is 25.5 Å². The van der Waals surface area contributed by atoms with Crippen molar-refractivity contribution in [3.63, 3.8) is 0 Å². The Balaban J connectivity index is 0.000000611. The van der Waals surface area contributed by atoms with Gasteiger partial charge < -0.3 is 29.3 Å². The largest absolute Gasteiger partial charge is 0.489 e. The van der Waals surface area contributed by atoms with Crippen LogP contribution in [0, 0.1) is 0 Å². The van der Waals surface area contributed by atoms with Crippen molar-refractivity contribution < 1.29 is 29.3 Å². The summed E-state index contributed by atoms with van der Waals surface area (Å²) in [6, 6.07) is 12.7. The van der Waals surface area contributed by atoms with Crippen LogP contribution >= 0.6 is 0 Å². The standard InChI is InChI=1S/C26H40N4O2.C4H6O4/c1-6-7-12-26(31)27(4)19-22-13-14-23(28(22)5)20-29-15-17-30(18-16-29)24-10-8-9-11-25(24)32-21(2)3;5-3(6)1-2-4(7)8/h8-11,13-14,21H,6-7,12,15-20H2,1-5H3;1-2H2,(H,5,6)(H,7,8). The molecule has 2 aromatic rings. The lowest BCUT2D eigenvalue weighted by atomic mass is 10.2. The highest BCUT2D eigenvalue weighted by atomic mass is 16.5. The zero-order valence-corrected chi connectivity index (χ0v) is 24.6. The quantitative estimate of drug-likeness (QED) is 0.376. The maximum atomic E-state index is 12.3. The number of hydrogen-bond donors (Lipinski definition) is 2. The van der Waals surface area contributed by atoms with E-state index < -0.39 is 11.9 Å². The highest BCUT2D eigenvalue weighted by Crippen LogP contribution is 2.30. The molecule has 2 N–H and O–H groups in total. The predicted octanol–water partition coefficient (Wildman–Crippen LogP) is 4.22. The summed E-state index contributed by atoms with van der Waals surface area (Å²) in [7, 11) is 4.02. The van der Waals surface area contributed by atoms with E-state index in [-0.39, 0.29) is 24.9 Å². The molecular weight excluding hydrogens is 512 g/mol. The lowest BCUT2D eigenvalue weighted by Gasteiger charge is -2.37. The molecule has 1 aromatic carbocycles. The molecule has 1 saturated heterocycles. The second-order valence-corrected chi connectivity index (χ2v) is 10.4. The van der Waals surface area contributed by atoms with Crippen LogP contribution in [-0.4, -0.2) is 81.8 Å². The lowest BCUT2D eigenvalue weighted by Crippen LogP contribution is -2.46. The summed E-state index contributed by atoms with van der Waals surface area (Å²) >= 11 is 0. The highest BCUT2D eigenvalue weighted by Gasteiger charge is 2.21. The van der Waals surface area contributed by atoms with Gasteiger partial charge >= 0.3 is 11.9 Å². The van der Waals surface area contributed by atoms with Gasteiger partial charge in [-0.15, -0.1) is 0 Å². The highest BCUT2D eigenvalue weighted by molar-refractivity contribution is 5.76. The van der Waals surface area contributed by atoms with Crippen molar-refractivity contribution in [2.24, 2.45) is 7.05 Å². The lowest BCUT2D eigenvalue weighted by molar-refractivity contribution is -0.143. The number of carbonyl (C=O) groups is 3. The zero-order valence-electron chi connectivity index (χ0n) is 24.6. The molecule has 0 radical (unpaired) electrons. The summed E-state index contributed by atoms with van der Waals surface area (Å²) in [4.78, 5) is 38.3. The van der Waals surface area contributed by atoms with Crippen LogP contribution in [0.25, 0.3) is 0 Å². The Morgan fingerprint density at radius 3 is 2.10 bits per heavy atom. The molecule has 0 unspecified atom stereocenters. The number of piperazine rings is 1. The molecular formula is C30H46N4O6. The molecule has 0 atom stereocenters. The molecule has 3 rings (SSSR count). The fourth-order valence-electron chi connectivity index (χ4n) is 4.43. The number of anilines is 1. The summed E-state index contributed by atoms with van der Waals surface area (Å²) in [5.74, 6) is -0.951. The second kappa shape index (κ2) is 16.5. The van der Waals surface area contributed by atoms with E-state index in [1.807, 2.05) is 18.0 Å². The number of benzene rings is 1. The number of carbonyl (C=O) groups excluding carboxylic acids is 1. The maximum Gasteiger partial charge on any atom is 0.303 e. The van der Waals surface area contributed by atoms with Crippen LogP contribution in [0.4, 0.5) is 5.69 Å². The second-order valence-electron chi connectivity index (χ2n) is 10.4. The van der Waals surface area contributed by atoms with E-state index in [0.29, 0.717) is 13.0 Å². The van der Waals surface area contributed by atoms with Crippen molar-refractivity contribution >= 4 is 23.5 Å². The Labute approximate surface area is 238 Å². The third-order valence-corrected chi connectivity index (χ3v) is 6.78. The van der Waals surface area contributed by atoms with Gasteiger partial charge in [0.05, 0.1) is 31.2 Å². The Hall–Kier alpha value is -3.53. The van der Waals surface area contributed by atoms with E-state index in [1.54, 1.807) is 0 Å². The number of para-hydroxylation sites is 2. The summed E-state index contributed by atoms with van der Waals surface area (Å²) in [6.45, 7) is 11.9. The number of carboxylic acids is 2. The number of aliphatic carboxylic acids is 2. The van der Waals surface area contributed by atoms with Crippen molar-refractivity contribution in [2.75, 3.05) is 38.1 Å². The summed E-state index contributed by atoms with van der Waals surface area (Å²) in [6.07, 6.45) is 2.23. The number of unbranched alkanes of at least 4 members (excludes halogenated alkanes) is 1. The van der Waals surface area contributed by atoms with Gasteiger partial charge in [0.25, 0.3) is 0 Å². The average molecular weight is 559 g/mol. The van der Waals surface area contributed by atoms with E-state index in [4.69, 9.17) is 14.9 Å². The van der Waals surface area contributed by atoms with Gasteiger partial charge in [-0.05, 0) is 44.5 Å². The third kappa shape index (κ3) is 10.9. The van der Waals surface area contributed by atoms with Crippen molar-refractivity contribution in [3.05, 3.63) is 47.8 Å². The molecule has 2 heterocycles. The van der Waals surface area contributed by atoms with Crippen LogP contribution in [-0.2, 0) is 34.5 Å². The normalized spacial score (nSPS) is 13.5. The van der Waals surface area contributed by atoms with E-state index in [0.717, 1.165) is 51.3 Å². The number of rotatable bonds is 13. The maximum absolute atomic E-state index is 12.3. The third-order valence-electron chi connectivity index (χ3n) is 6.78. The summed E-state index contributed by atoms with van der Waals surface area (Å²) in [5.41, 5.74) is 3.68. The number of amides is 1. The predicted molar refractivity (Wildman–Crippen MR) is 156 cm³/mol. The monoisotopic (exact) mass is 558 g/mol. The van der Waals surface area contributed by atoms with Gasteiger partial charge in [0, 0.05) is 64.6 Å². The number of ether oxygens (including phenoxy) is 1. The first kappa shape index (κ1) is 32.7. The molecule has 10 heteroatoms. The molecule has 1 aromatic heterocycles. The van der Waals surface area contributed by atoms with Crippen molar-refractivity contribution in [2.45, 2.75) is 72.1 Å². The minimum Gasteiger partial charge on any atom is -0.489 e. The van der Waals surface area contributed by atoms with Gasteiger partial charge in [-0.2, -0.15) is 0 Å². The van der Waals surface area contributed by atoms with Crippen LogP contribution in [0.15, 0.2) is 36.4 Å². The van der Waals surface area contributed by atoms with E-state index >= 15 is 0 Å². The Kier molecular flexibility index (Phi) is 13.5. The molecule has 0 aliphatic carbocycles. The van der Waals surface area contributed by atoms with Crippen molar-refractivity contribution in [3.8, 4) is 5.75 Å². The number of carboxylic acid groups (broad SMARTS) is 2. The average Bonchev–Trinajstić information content (AvgIpc) is 3.25. The molecule has 1 fully saturated rings. The SMILES string of the molecule is CCCCC(=O)N(C)Cc1ccc(CN2CCN(c3ccccc3OC(C)C)CC2)n1C.O=C(O)CCC(=O)O. The van der Waals surface area contributed by atoms with Crippen LogP contribution in [0.5, 0.6) is 5.75 Å². The van der Waals surface area contributed by atoms with Gasteiger partial charge in [-0.25, -0.2) is 0 Å². The summed E-state index contributed by atoms with van der Waals surface area (Å²) < 4.78 is 8.27. The Morgan fingerprint density at radius 1 is 0.925 bits per heavy atom. The molecule has 222 valence electrons. The van der Waals surface area contributed by atoms with Gasteiger partial charge in [0.1, 0.15) is 5.75 Å². The molecule has 10 nitrogen and oxygen atoms in total. The summed E-state index contributed by atoms with van der Waals surface area (Å²) in [5, 5.41) is 15.8. The number of aromatic nitrogens is 1. The van der Waals surface area contributed by atoms with Gasteiger partial charge in [0.15, 0.2) is 0 Å². The Morgan fingerprint density at radius 2 is 1.52 bits per heavy atom. The number of nitrogens with zero attached hydrogens (tertiary/aromatic N) is 4. The minimum absolute atomic E-state index is 0.171. The minimum atomic E-state index is -1.08. The first-order chi connectivity index (χ1) is 19.0. The van der Waals surface area contributed by atoms with Crippen LogP contribution in [0.3, 0.4) is 0 Å². The zero-order chi connectivity index (χ0) is 29.7. The van der Waals surface area contributed by atoms with E-state index in [1.165, 1.54) is 17.1 Å². The fraction of sp³-hybridized carbons (Fsp3) is 0.567. The molecule has 1 aliphatic heterocycles. The Bertz CT molecular complexity index is 1080. The topological polar surface area (TPSA) is 116 Å². The molecule has 0 bridgehead atoms. The van der Waals surface area contributed by atoms with Crippen LogP contribution < -0.4 is 9.64 Å². The molecule has 40 heavy (non-hydrogen) atoms. The van der Waals surface area contributed by atoms with Gasteiger partial charge in [-0.3, -0.25) is 19.3 Å². The van der Waals surface area contributed by atoms with E-state index in [2.05, 4.69) is 72.5 Å². The van der Waals surface area contributed by atoms with Crippen LogP contribution in [0.1, 0.15) is 64.3 Å². The number of hydrogen-bond acceptors (Lipinski definition) is 6. The fourth-order valence-corrected chi connectivity index (χ4v) is 4.43. The van der Waals surface area contributed by atoms with E-state index in [9.17, 15) is 14.4 Å². The van der Waals surface area contributed by atoms with Gasteiger partial charge in [0.2, 0.25) is 5.91 Å².